The molecule has 0 saturated carbocycles. The summed E-state index contributed by atoms with van der Waals surface area (Å²) in [5, 5.41) is 25.5. The molecule has 2 fully saturated rings. The zero-order valence-electron chi connectivity index (χ0n) is 21.8. The van der Waals surface area contributed by atoms with Crippen molar-refractivity contribution in [3.05, 3.63) is 12.1 Å². The Labute approximate surface area is 223 Å². The van der Waals surface area contributed by atoms with Crippen LogP contribution in [0.15, 0.2) is 12.1 Å². The molecular weight excluding hydrogens is 496 g/mol. The number of urea groups is 1. The average molecular weight is 539 g/mol. The van der Waals surface area contributed by atoms with Gasteiger partial charge in [0.1, 0.15) is 0 Å². The normalized spacial score (nSPS) is 20.6. The van der Waals surface area contributed by atoms with Crippen molar-refractivity contribution in [3.8, 4) is 11.8 Å². The van der Waals surface area contributed by atoms with E-state index in [4.69, 9.17) is 4.84 Å². The Hall–Kier alpha value is -2.56. The van der Waals surface area contributed by atoms with Crippen LogP contribution in [-0.4, -0.2) is 73.9 Å². The van der Waals surface area contributed by atoms with E-state index in [1.807, 2.05) is 11.8 Å². The van der Waals surface area contributed by atoms with Gasteiger partial charge in [-0.05, 0) is 32.1 Å². The fourth-order valence-corrected chi connectivity index (χ4v) is 6.58. The van der Waals surface area contributed by atoms with Gasteiger partial charge in [0, 0.05) is 49.1 Å². The standard InChI is InChI=1S/C26H42N4O6S/c1-2-3-4-10-17-29-25-19(28-26(29)35)18-37-20(25)11-7-8-12-21(31)27-16-9-5-6-13-24(34)36-30-22(32)14-15-23(30)33/h14-15,19-20,25,32-33H,2-13,16-18H2,1H3,(H,27,31)(H,28,35). The lowest BCUT2D eigenvalue weighted by Crippen LogP contribution is -2.41. The fraction of sp³-hybridized carbons (Fsp3) is 0.731. The van der Waals surface area contributed by atoms with Crippen molar-refractivity contribution >= 4 is 29.7 Å². The number of thioether (sulfide) groups is 1. The molecule has 0 spiro atoms. The number of hydrogen-bond acceptors (Lipinski definition) is 7. The predicted octanol–water partition coefficient (Wildman–Crippen LogP) is 3.55. The van der Waals surface area contributed by atoms with E-state index in [0.717, 1.165) is 50.8 Å². The third kappa shape index (κ3) is 8.76. The first-order valence-electron chi connectivity index (χ1n) is 13.7. The van der Waals surface area contributed by atoms with Crippen LogP contribution in [-0.2, 0) is 9.59 Å². The number of carbonyl (C=O) groups is 3. The van der Waals surface area contributed by atoms with Crippen LogP contribution in [0, 0.1) is 0 Å². The number of unbranched alkanes of at least 4 members (excludes halogenated alkanes) is 6. The summed E-state index contributed by atoms with van der Waals surface area (Å²) in [7, 11) is 0. The molecule has 0 radical (unpaired) electrons. The number of nitrogens with one attached hydrogen (secondary N) is 2. The SMILES string of the molecule is CCCCCCN1C(=O)NC2CSC(CCCCC(=O)NCCCCCC(=O)On3c(O)ccc3O)C21. The van der Waals surface area contributed by atoms with Crippen LogP contribution >= 0.6 is 11.8 Å². The monoisotopic (exact) mass is 538 g/mol. The number of aromatic nitrogens is 1. The second kappa shape index (κ2) is 15.0. The molecule has 37 heavy (non-hydrogen) atoms. The molecular formula is C26H42N4O6S. The van der Waals surface area contributed by atoms with Gasteiger partial charge in [-0.15, -0.1) is 4.73 Å². The molecule has 3 rings (SSSR count). The maximum atomic E-state index is 12.4. The summed E-state index contributed by atoms with van der Waals surface area (Å²) in [6, 6.07) is 3.09. The van der Waals surface area contributed by atoms with Gasteiger partial charge in [0.15, 0.2) is 0 Å². The van der Waals surface area contributed by atoms with Crippen molar-refractivity contribution in [2.45, 2.75) is 101 Å². The molecule has 3 atom stereocenters. The maximum absolute atomic E-state index is 12.4. The van der Waals surface area contributed by atoms with E-state index in [9.17, 15) is 24.6 Å². The van der Waals surface area contributed by atoms with Crippen LogP contribution in [0.3, 0.4) is 0 Å². The molecule has 10 nitrogen and oxygen atoms in total. The van der Waals surface area contributed by atoms with E-state index < -0.39 is 5.97 Å². The lowest BCUT2D eigenvalue weighted by Gasteiger charge is -2.27. The van der Waals surface area contributed by atoms with Crippen molar-refractivity contribution in [3.63, 3.8) is 0 Å². The number of rotatable bonds is 17. The fourth-order valence-electron chi connectivity index (χ4n) is 4.98. The van der Waals surface area contributed by atoms with E-state index in [1.54, 1.807) is 0 Å². The molecule has 2 saturated heterocycles. The molecule has 11 heteroatoms. The lowest BCUT2D eigenvalue weighted by molar-refractivity contribution is -0.145. The second-order valence-electron chi connectivity index (χ2n) is 9.89. The Morgan fingerprint density at radius 1 is 1.05 bits per heavy atom. The summed E-state index contributed by atoms with van der Waals surface area (Å²) in [6.45, 7) is 3.60. The third-order valence-corrected chi connectivity index (χ3v) is 8.47. The molecule has 0 aromatic carbocycles. The lowest BCUT2D eigenvalue weighted by atomic mass is 10.0. The number of hydrogen-bond donors (Lipinski definition) is 4. The first-order valence-corrected chi connectivity index (χ1v) is 14.7. The quantitative estimate of drug-likeness (QED) is 0.176. The van der Waals surface area contributed by atoms with Crippen molar-refractivity contribution < 1.29 is 29.4 Å². The Morgan fingerprint density at radius 3 is 2.54 bits per heavy atom. The van der Waals surface area contributed by atoms with Gasteiger partial charge in [0.25, 0.3) is 0 Å². The van der Waals surface area contributed by atoms with Crippen LogP contribution < -0.4 is 15.5 Å². The summed E-state index contributed by atoms with van der Waals surface area (Å²) in [5.41, 5.74) is 0. The number of carbonyl (C=O) groups excluding carboxylic acids is 3. The van der Waals surface area contributed by atoms with Gasteiger partial charge in [-0.3, -0.25) is 4.79 Å². The number of fused-ring (bicyclic) bond motifs is 1. The maximum Gasteiger partial charge on any atom is 0.333 e. The zero-order chi connectivity index (χ0) is 26.6. The topological polar surface area (TPSA) is 133 Å². The summed E-state index contributed by atoms with van der Waals surface area (Å²) in [4.78, 5) is 43.3. The first-order chi connectivity index (χ1) is 17.9. The molecule has 208 valence electrons. The van der Waals surface area contributed by atoms with Crippen LogP contribution in [0.25, 0.3) is 0 Å². The zero-order valence-corrected chi connectivity index (χ0v) is 22.6. The number of nitrogens with zero attached hydrogens (tertiary/aromatic N) is 2. The first kappa shape index (κ1) is 29.0. The largest absolute Gasteiger partial charge is 0.492 e. The van der Waals surface area contributed by atoms with Gasteiger partial charge < -0.3 is 30.6 Å². The van der Waals surface area contributed by atoms with E-state index in [1.165, 1.54) is 31.4 Å². The van der Waals surface area contributed by atoms with E-state index >= 15 is 0 Å². The summed E-state index contributed by atoms with van der Waals surface area (Å²) in [6.07, 6.45) is 10.2. The van der Waals surface area contributed by atoms with Crippen LogP contribution in [0.1, 0.15) is 84.0 Å². The smallest absolute Gasteiger partial charge is 0.333 e. The van der Waals surface area contributed by atoms with Gasteiger partial charge in [0.05, 0.1) is 12.1 Å². The Morgan fingerprint density at radius 2 is 1.78 bits per heavy atom. The molecule has 1 aromatic rings. The Bertz CT molecular complexity index is 875. The highest BCUT2D eigenvalue weighted by molar-refractivity contribution is 8.00. The highest BCUT2D eigenvalue weighted by atomic mass is 32.2. The highest BCUT2D eigenvalue weighted by Crippen LogP contribution is 2.37. The van der Waals surface area contributed by atoms with Crippen LogP contribution in [0.4, 0.5) is 4.79 Å². The molecule has 2 aliphatic rings. The minimum Gasteiger partial charge on any atom is -0.492 e. The van der Waals surface area contributed by atoms with Crippen LogP contribution in [0.5, 0.6) is 11.8 Å². The van der Waals surface area contributed by atoms with Gasteiger partial charge in [-0.25, -0.2) is 9.59 Å². The molecule has 3 amide bonds. The summed E-state index contributed by atoms with van der Waals surface area (Å²) in [5.74, 6) is -0.210. The Balaban J connectivity index is 1.21. The average Bonchev–Trinajstić information content (AvgIpc) is 3.51. The van der Waals surface area contributed by atoms with Crippen LogP contribution in [0.2, 0.25) is 0 Å². The highest BCUT2D eigenvalue weighted by Gasteiger charge is 2.47. The van der Waals surface area contributed by atoms with Crippen molar-refractivity contribution in [2.75, 3.05) is 18.8 Å². The van der Waals surface area contributed by atoms with E-state index in [0.29, 0.717) is 29.4 Å². The minimum atomic E-state index is -0.546. The number of amides is 3. The molecule has 3 unspecified atom stereocenters. The second-order valence-corrected chi connectivity index (χ2v) is 11.2. The molecule has 4 N–H and O–H groups in total. The van der Waals surface area contributed by atoms with Crippen molar-refractivity contribution in [1.82, 2.24) is 20.3 Å². The Kier molecular flexibility index (Phi) is 11.8. The molecule has 2 aliphatic heterocycles. The molecule has 0 aliphatic carbocycles. The predicted molar refractivity (Wildman–Crippen MR) is 142 cm³/mol. The molecule has 0 bridgehead atoms. The summed E-state index contributed by atoms with van der Waals surface area (Å²) < 4.78 is 0.682. The molecule has 1 aromatic heterocycles. The summed E-state index contributed by atoms with van der Waals surface area (Å²) >= 11 is 1.95. The van der Waals surface area contributed by atoms with Gasteiger partial charge >= 0.3 is 12.0 Å². The van der Waals surface area contributed by atoms with Gasteiger partial charge in [-0.1, -0.05) is 39.0 Å². The third-order valence-electron chi connectivity index (χ3n) is 6.98. The number of aromatic hydroxyl groups is 2. The molecule has 3 heterocycles. The van der Waals surface area contributed by atoms with Crippen molar-refractivity contribution in [2.24, 2.45) is 0 Å². The van der Waals surface area contributed by atoms with Gasteiger partial charge in [-0.2, -0.15) is 11.8 Å². The van der Waals surface area contributed by atoms with Crippen molar-refractivity contribution in [1.29, 1.82) is 0 Å². The van der Waals surface area contributed by atoms with E-state index in [2.05, 4.69) is 22.5 Å². The minimum absolute atomic E-state index is 0.0465. The van der Waals surface area contributed by atoms with E-state index in [-0.39, 0.29) is 42.2 Å². The van der Waals surface area contributed by atoms with Gasteiger partial charge in [0.2, 0.25) is 17.7 Å².